The molecule has 0 unspecified atom stereocenters. The van der Waals surface area contributed by atoms with E-state index in [2.05, 4.69) is 15.6 Å². The molecule has 37 heavy (non-hydrogen) atoms. The van der Waals surface area contributed by atoms with Crippen molar-refractivity contribution in [2.75, 3.05) is 17.3 Å². The molecular formula is C27H22Cl2N4O3S. The van der Waals surface area contributed by atoms with Crippen LogP contribution in [0.3, 0.4) is 0 Å². The number of benzene rings is 2. The molecule has 2 N–H and O–H groups in total. The third kappa shape index (κ3) is 5.00. The predicted octanol–water partition coefficient (Wildman–Crippen LogP) is 6.79. The number of amides is 1. The van der Waals surface area contributed by atoms with Crippen LogP contribution in [-0.2, 0) is 4.79 Å². The maximum Gasteiger partial charge on any atom is 0.221 e. The molecule has 188 valence electrons. The molecule has 10 heteroatoms. The van der Waals surface area contributed by atoms with Crippen LogP contribution in [0.1, 0.15) is 30.5 Å². The molecule has 2 aromatic carbocycles. The maximum absolute atomic E-state index is 11.8. The molecule has 0 radical (unpaired) electrons. The van der Waals surface area contributed by atoms with Crippen LogP contribution in [0.4, 0.5) is 11.4 Å². The largest absolute Gasteiger partial charge is 0.495 e. The Balaban J connectivity index is 1.60. The number of hydrogen-bond acceptors (Lipinski definition) is 5. The highest BCUT2D eigenvalue weighted by Crippen LogP contribution is 2.44. The van der Waals surface area contributed by atoms with Crippen molar-refractivity contribution in [1.29, 1.82) is 0 Å². The summed E-state index contributed by atoms with van der Waals surface area (Å²) in [6, 6.07) is 19.7. The lowest BCUT2D eigenvalue weighted by atomic mass is 10.0. The average Bonchev–Trinajstić information content (AvgIpc) is 3.50. The van der Waals surface area contributed by atoms with Crippen LogP contribution in [0, 0.1) is 0 Å². The highest BCUT2D eigenvalue weighted by atomic mass is 35.5. The number of thiocarbonyl (C=S) groups is 1. The smallest absolute Gasteiger partial charge is 0.221 e. The molecule has 2 aromatic heterocycles. The van der Waals surface area contributed by atoms with E-state index in [1.165, 1.54) is 6.92 Å². The Morgan fingerprint density at radius 3 is 2.65 bits per heavy atom. The minimum Gasteiger partial charge on any atom is -0.495 e. The van der Waals surface area contributed by atoms with Crippen LogP contribution in [0.15, 0.2) is 77.3 Å². The van der Waals surface area contributed by atoms with Gasteiger partial charge in [-0.05, 0) is 72.9 Å². The van der Waals surface area contributed by atoms with Crippen molar-refractivity contribution >= 4 is 57.8 Å². The average molecular weight is 553 g/mol. The highest BCUT2D eigenvalue weighted by Gasteiger charge is 2.42. The molecule has 1 fully saturated rings. The van der Waals surface area contributed by atoms with Crippen LogP contribution < -0.4 is 20.3 Å². The Bertz CT molecular complexity index is 1480. The van der Waals surface area contributed by atoms with Crippen molar-refractivity contribution in [3.63, 3.8) is 0 Å². The van der Waals surface area contributed by atoms with Gasteiger partial charge in [-0.2, -0.15) is 0 Å². The van der Waals surface area contributed by atoms with E-state index >= 15 is 0 Å². The normalized spacial score (nSPS) is 17.0. The van der Waals surface area contributed by atoms with E-state index < -0.39 is 0 Å². The summed E-state index contributed by atoms with van der Waals surface area (Å²) in [6.07, 6.45) is 1.74. The molecule has 2 atom stereocenters. The van der Waals surface area contributed by atoms with E-state index in [1.54, 1.807) is 31.5 Å². The fourth-order valence-corrected chi connectivity index (χ4v) is 5.02. The number of carbonyl (C=O) groups is 1. The summed E-state index contributed by atoms with van der Waals surface area (Å²) < 4.78 is 11.8. The van der Waals surface area contributed by atoms with Crippen LogP contribution >= 0.6 is 35.4 Å². The van der Waals surface area contributed by atoms with Gasteiger partial charge in [-0.1, -0.05) is 29.3 Å². The number of methoxy groups -OCH3 is 1. The summed E-state index contributed by atoms with van der Waals surface area (Å²) in [4.78, 5) is 18.3. The SMILES string of the molecule is COc1ccc(N2C(=S)N[C@H](c3ccccn3)[C@@H]2c2ccc(-c3ccc(Cl)c(Cl)c3)o2)cc1NC(C)=O. The van der Waals surface area contributed by atoms with Crippen molar-refractivity contribution in [3.05, 3.63) is 94.4 Å². The van der Waals surface area contributed by atoms with Crippen LogP contribution in [0.5, 0.6) is 5.75 Å². The van der Waals surface area contributed by atoms with Gasteiger partial charge in [-0.15, -0.1) is 0 Å². The van der Waals surface area contributed by atoms with Crippen molar-refractivity contribution in [3.8, 4) is 17.1 Å². The number of nitrogens with zero attached hydrogens (tertiary/aromatic N) is 2. The maximum atomic E-state index is 11.8. The number of ether oxygens (including phenoxy) is 1. The molecule has 0 aliphatic carbocycles. The van der Waals surface area contributed by atoms with E-state index in [4.69, 9.17) is 44.6 Å². The van der Waals surface area contributed by atoms with Gasteiger partial charge < -0.3 is 24.7 Å². The second kappa shape index (κ2) is 10.4. The summed E-state index contributed by atoms with van der Waals surface area (Å²) in [7, 11) is 1.55. The topological polar surface area (TPSA) is 79.6 Å². The van der Waals surface area contributed by atoms with Gasteiger partial charge in [0.05, 0.1) is 34.6 Å². The first-order valence-corrected chi connectivity index (χ1v) is 12.5. The zero-order chi connectivity index (χ0) is 26.1. The third-order valence-corrected chi connectivity index (χ3v) is 7.05. The Hall–Kier alpha value is -3.59. The lowest BCUT2D eigenvalue weighted by Crippen LogP contribution is -2.29. The van der Waals surface area contributed by atoms with Gasteiger partial charge in [0.2, 0.25) is 5.91 Å². The standard InChI is InChI=1S/C27H22Cl2N4O3S/c1-15(34)31-21-14-17(7-9-23(21)35-2)33-26(25(32-27(33)37)20-5-3-4-12-30-20)24-11-10-22(36-24)16-6-8-18(28)19(29)13-16/h3-14,25-26H,1-2H3,(H,31,34)(H,32,37)/t25-,26+/m1/s1. The fraction of sp³-hybridized carbons (Fsp3) is 0.148. The lowest BCUT2D eigenvalue weighted by molar-refractivity contribution is -0.114. The van der Waals surface area contributed by atoms with Crippen LogP contribution in [-0.4, -0.2) is 23.1 Å². The van der Waals surface area contributed by atoms with Gasteiger partial charge in [0, 0.05) is 24.4 Å². The molecule has 1 aliphatic heterocycles. The number of halogens is 2. The van der Waals surface area contributed by atoms with E-state index in [0.717, 1.165) is 16.9 Å². The monoisotopic (exact) mass is 552 g/mol. The third-order valence-electron chi connectivity index (χ3n) is 5.99. The molecule has 0 spiro atoms. The summed E-state index contributed by atoms with van der Waals surface area (Å²) in [5.74, 6) is 1.63. The first-order chi connectivity index (χ1) is 17.9. The van der Waals surface area contributed by atoms with Gasteiger partial charge in [-0.25, -0.2) is 0 Å². The second-order valence-corrected chi connectivity index (χ2v) is 9.59. The number of rotatable bonds is 6. The molecule has 3 heterocycles. The Labute approximate surface area is 229 Å². The molecule has 1 aliphatic rings. The van der Waals surface area contributed by atoms with Crippen molar-refractivity contribution in [1.82, 2.24) is 10.3 Å². The highest BCUT2D eigenvalue weighted by molar-refractivity contribution is 7.80. The number of hydrogen-bond donors (Lipinski definition) is 2. The van der Waals surface area contributed by atoms with E-state index in [-0.39, 0.29) is 18.0 Å². The van der Waals surface area contributed by atoms with Gasteiger partial charge in [0.25, 0.3) is 0 Å². The van der Waals surface area contributed by atoms with Crippen LogP contribution in [0.25, 0.3) is 11.3 Å². The predicted molar refractivity (Wildman–Crippen MR) is 149 cm³/mol. The second-order valence-electron chi connectivity index (χ2n) is 8.39. The number of pyridine rings is 1. The fourth-order valence-electron chi connectivity index (χ4n) is 4.37. The Morgan fingerprint density at radius 2 is 1.95 bits per heavy atom. The summed E-state index contributed by atoms with van der Waals surface area (Å²) in [5.41, 5.74) is 2.89. The molecule has 0 bridgehead atoms. The Morgan fingerprint density at radius 1 is 1.11 bits per heavy atom. The zero-order valence-electron chi connectivity index (χ0n) is 19.9. The zero-order valence-corrected chi connectivity index (χ0v) is 22.2. The first-order valence-electron chi connectivity index (χ1n) is 11.4. The molecule has 1 amide bonds. The van der Waals surface area contributed by atoms with Crippen LogP contribution in [0.2, 0.25) is 10.0 Å². The van der Waals surface area contributed by atoms with Gasteiger partial charge >= 0.3 is 0 Å². The van der Waals surface area contributed by atoms with Crippen molar-refractivity contribution in [2.45, 2.75) is 19.0 Å². The van der Waals surface area contributed by atoms with Gasteiger partial charge in [0.1, 0.15) is 23.3 Å². The summed E-state index contributed by atoms with van der Waals surface area (Å²) in [5, 5.41) is 7.63. The Kier molecular flexibility index (Phi) is 7.06. The van der Waals surface area contributed by atoms with E-state index in [9.17, 15) is 4.79 Å². The van der Waals surface area contributed by atoms with Gasteiger partial charge in [0.15, 0.2) is 5.11 Å². The quantitative estimate of drug-likeness (QED) is 0.255. The number of aromatic nitrogens is 1. The molecule has 4 aromatic rings. The minimum absolute atomic E-state index is 0.210. The summed E-state index contributed by atoms with van der Waals surface area (Å²) in [6.45, 7) is 1.45. The van der Waals surface area contributed by atoms with E-state index in [0.29, 0.717) is 38.1 Å². The number of carbonyl (C=O) groups excluding carboxylic acids is 1. The number of furan rings is 1. The first kappa shape index (κ1) is 25.1. The van der Waals surface area contributed by atoms with Crippen molar-refractivity contribution in [2.24, 2.45) is 0 Å². The molecular weight excluding hydrogens is 531 g/mol. The molecule has 1 saturated heterocycles. The minimum atomic E-state index is -0.377. The number of nitrogens with one attached hydrogen (secondary N) is 2. The molecule has 0 saturated carbocycles. The van der Waals surface area contributed by atoms with Gasteiger partial charge in [-0.3, -0.25) is 9.78 Å². The molecule has 5 rings (SSSR count). The summed E-state index contributed by atoms with van der Waals surface area (Å²) >= 11 is 18.1. The van der Waals surface area contributed by atoms with E-state index in [1.807, 2.05) is 53.4 Å². The molecule has 7 nitrogen and oxygen atoms in total. The number of anilines is 2. The lowest BCUT2D eigenvalue weighted by Gasteiger charge is -2.27. The van der Waals surface area contributed by atoms with Crippen molar-refractivity contribution < 1.29 is 13.9 Å².